The fourth-order valence-corrected chi connectivity index (χ4v) is 2.32. The molecular weight excluding hydrogens is 247 g/mol. The van der Waals surface area contributed by atoms with Crippen molar-refractivity contribution in [2.75, 3.05) is 19.7 Å². The van der Waals surface area contributed by atoms with Gasteiger partial charge in [0.1, 0.15) is 11.6 Å². The van der Waals surface area contributed by atoms with Gasteiger partial charge in [-0.05, 0) is 26.0 Å². The van der Waals surface area contributed by atoms with Gasteiger partial charge in [-0.2, -0.15) is 0 Å². The highest BCUT2D eigenvalue weighted by molar-refractivity contribution is 5.78. The standard InChI is InChI=1S/C14H19FN2O2/c1-10-7-17(8-11(2)16-10)14(18)9-19-13-5-3-4-12(15)6-13/h3-6,10-11,16H,7-9H2,1-2H3/t10-,11-/m1/s1. The Labute approximate surface area is 112 Å². The Bertz CT molecular complexity index is 443. The Morgan fingerprint density at radius 3 is 2.74 bits per heavy atom. The molecule has 2 atom stereocenters. The van der Waals surface area contributed by atoms with Crippen molar-refractivity contribution >= 4 is 5.91 Å². The molecule has 5 heteroatoms. The maximum Gasteiger partial charge on any atom is 0.260 e. The third-order valence-electron chi connectivity index (χ3n) is 3.07. The highest BCUT2D eigenvalue weighted by Gasteiger charge is 2.24. The number of halogens is 1. The van der Waals surface area contributed by atoms with Crippen LogP contribution >= 0.6 is 0 Å². The van der Waals surface area contributed by atoms with Crippen LogP contribution in [0.3, 0.4) is 0 Å². The zero-order valence-corrected chi connectivity index (χ0v) is 11.2. The summed E-state index contributed by atoms with van der Waals surface area (Å²) in [6.45, 7) is 5.39. The van der Waals surface area contributed by atoms with E-state index in [0.717, 1.165) is 0 Å². The molecule has 19 heavy (non-hydrogen) atoms. The summed E-state index contributed by atoms with van der Waals surface area (Å²) in [4.78, 5) is 13.8. The lowest BCUT2D eigenvalue weighted by atomic mass is 10.1. The van der Waals surface area contributed by atoms with E-state index in [2.05, 4.69) is 5.32 Å². The van der Waals surface area contributed by atoms with E-state index in [1.807, 2.05) is 13.8 Å². The number of piperazine rings is 1. The van der Waals surface area contributed by atoms with Crippen LogP contribution < -0.4 is 10.1 Å². The summed E-state index contributed by atoms with van der Waals surface area (Å²) in [5.41, 5.74) is 0. The van der Waals surface area contributed by atoms with Crippen molar-refractivity contribution < 1.29 is 13.9 Å². The minimum atomic E-state index is -0.366. The lowest BCUT2D eigenvalue weighted by Gasteiger charge is -2.36. The smallest absolute Gasteiger partial charge is 0.260 e. The van der Waals surface area contributed by atoms with Crippen molar-refractivity contribution in [3.63, 3.8) is 0 Å². The molecule has 1 aromatic carbocycles. The maximum absolute atomic E-state index is 13.0. The van der Waals surface area contributed by atoms with Crippen molar-refractivity contribution in [1.29, 1.82) is 0 Å². The van der Waals surface area contributed by atoms with Gasteiger partial charge >= 0.3 is 0 Å². The second-order valence-electron chi connectivity index (χ2n) is 5.01. The molecule has 1 fully saturated rings. The summed E-state index contributed by atoms with van der Waals surface area (Å²) >= 11 is 0. The zero-order chi connectivity index (χ0) is 13.8. The van der Waals surface area contributed by atoms with E-state index in [9.17, 15) is 9.18 Å². The number of rotatable bonds is 3. The Morgan fingerprint density at radius 1 is 1.42 bits per heavy atom. The first kappa shape index (κ1) is 13.8. The van der Waals surface area contributed by atoms with Crippen LogP contribution in [0.15, 0.2) is 24.3 Å². The second kappa shape index (κ2) is 6.02. The normalized spacial score (nSPS) is 23.2. The molecule has 2 rings (SSSR count). The van der Waals surface area contributed by atoms with Crippen LogP contribution in [0.5, 0.6) is 5.75 Å². The number of carbonyl (C=O) groups excluding carboxylic acids is 1. The summed E-state index contributed by atoms with van der Waals surface area (Å²) in [5, 5.41) is 3.36. The number of hydrogen-bond acceptors (Lipinski definition) is 3. The molecule has 1 amide bonds. The van der Waals surface area contributed by atoms with Crippen LogP contribution in [0, 0.1) is 5.82 Å². The van der Waals surface area contributed by atoms with E-state index in [1.165, 1.54) is 12.1 Å². The van der Waals surface area contributed by atoms with Gasteiger partial charge in [0.15, 0.2) is 6.61 Å². The molecule has 0 bridgehead atoms. The fraction of sp³-hybridized carbons (Fsp3) is 0.500. The summed E-state index contributed by atoms with van der Waals surface area (Å²) < 4.78 is 18.3. The molecule has 1 heterocycles. The van der Waals surface area contributed by atoms with Crippen molar-refractivity contribution in [3.8, 4) is 5.75 Å². The Morgan fingerprint density at radius 2 is 2.11 bits per heavy atom. The Hall–Kier alpha value is -1.62. The molecule has 1 saturated heterocycles. The number of amides is 1. The minimum Gasteiger partial charge on any atom is -0.484 e. The first-order valence-electron chi connectivity index (χ1n) is 6.47. The molecule has 1 aliphatic heterocycles. The lowest BCUT2D eigenvalue weighted by Crippen LogP contribution is -2.56. The van der Waals surface area contributed by atoms with Gasteiger partial charge < -0.3 is 15.0 Å². The van der Waals surface area contributed by atoms with Gasteiger partial charge in [0, 0.05) is 31.2 Å². The molecule has 1 aliphatic rings. The van der Waals surface area contributed by atoms with Crippen LogP contribution in [0.4, 0.5) is 4.39 Å². The van der Waals surface area contributed by atoms with E-state index < -0.39 is 0 Å². The molecule has 104 valence electrons. The SMILES string of the molecule is C[C@@H]1CN(C(=O)COc2cccc(F)c2)C[C@@H](C)N1. The number of nitrogens with one attached hydrogen (secondary N) is 1. The van der Waals surface area contributed by atoms with E-state index >= 15 is 0 Å². The van der Waals surface area contributed by atoms with Crippen LogP contribution in [0.2, 0.25) is 0 Å². The van der Waals surface area contributed by atoms with Crippen LogP contribution in [-0.4, -0.2) is 42.6 Å². The van der Waals surface area contributed by atoms with Crippen LogP contribution in [-0.2, 0) is 4.79 Å². The van der Waals surface area contributed by atoms with Crippen LogP contribution in [0.1, 0.15) is 13.8 Å². The number of hydrogen-bond donors (Lipinski definition) is 1. The topological polar surface area (TPSA) is 41.6 Å². The van der Waals surface area contributed by atoms with E-state index in [4.69, 9.17) is 4.74 Å². The van der Waals surface area contributed by atoms with Crippen molar-refractivity contribution in [2.45, 2.75) is 25.9 Å². The van der Waals surface area contributed by atoms with Gasteiger partial charge in [-0.3, -0.25) is 4.79 Å². The van der Waals surface area contributed by atoms with Crippen LogP contribution in [0.25, 0.3) is 0 Å². The summed E-state index contributed by atoms with van der Waals surface area (Å²) in [6, 6.07) is 6.37. The molecule has 1 aromatic rings. The predicted octanol–water partition coefficient (Wildman–Crippen LogP) is 1.41. The predicted molar refractivity (Wildman–Crippen MR) is 70.5 cm³/mol. The summed E-state index contributed by atoms with van der Waals surface area (Å²) in [6.07, 6.45) is 0. The Balaban J connectivity index is 1.87. The molecule has 0 radical (unpaired) electrons. The summed E-state index contributed by atoms with van der Waals surface area (Å²) in [7, 11) is 0. The highest BCUT2D eigenvalue weighted by Crippen LogP contribution is 2.12. The van der Waals surface area contributed by atoms with Crippen molar-refractivity contribution in [2.24, 2.45) is 0 Å². The lowest BCUT2D eigenvalue weighted by molar-refractivity contribution is -0.135. The Kier molecular flexibility index (Phi) is 4.37. The molecule has 0 saturated carbocycles. The largest absolute Gasteiger partial charge is 0.484 e. The third-order valence-corrected chi connectivity index (χ3v) is 3.07. The average Bonchev–Trinajstić information content (AvgIpc) is 2.35. The van der Waals surface area contributed by atoms with Gasteiger partial charge in [-0.15, -0.1) is 0 Å². The summed E-state index contributed by atoms with van der Waals surface area (Å²) in [5.74, 6) is -0.0524. The van der Waals surface area contributed by atoms with Gasteiger partial charge in [0.2, 0.25) is 0 Å². The second-order valence-corrected chi connectivity index (χ2v) is 5.01. The molecule has 0 aliphatic carbocycles. The van der Waals surface area contributed by atoms with Crippen molar-refractivity contribution in [1.82, 2.24) is 10.2 Å². The minimum absolute atomic E-state index is 0.0527. The zero-order valence-electron chi connectivity index (χ0n) is 11.2. The first-order valence-corrected chi connectivity index (χ1v) is 6.47. The molecule has 4 nitrogen and oxygen atoms in total. The molecular formula is C14H19FN2O2. The number of benzene rings is 1. The highest BCUT2D eigenvalue weighted by atomic mass is 19.1. The fourth-order valence-electron chi connectivity index (χ4n) is 2.32. The van der Waals surface area contributed by atoms with E-state index in [0.29, 0.717) is 18.8 Å². The van der Waals surface area contributed by atoms with Gasteiger partial charge in [-0.1, -0.05) is 6.07 Å². The first-order chi connectivity index (χ1) is 9.04. The molecule has 0 aromatic heterocycles. The number of ether oxygens (including phenoxy) is 1. The number of nitrogens with zero attached hydrogens (tertiary/aromatic N) is 1. The average molecular weight is 266 g/mol. The van der Waals surface area contributed by atoms with E-state index in [1.54, 1.807) is 17.0 Å². The van der Waals surface area contributed by atoms with Gasteiger partial charge in [0.25, 0.3) is 5.91 Å². The van der Waals surface area contributed by atoms with E-state index in [-0.39, 0.29) is 30.4 Å². The maximum atomic E-state index is 13.0. The molecule has 0 spiro atoms. The monoisotopic (exact) mass is 266 g/mol. The molecule has 0 unspecified atom stereocenters. The third kappa shape index (κ3) is 3.92. The molecule has 1 N–H and O–H groups in total. The van der Waals surface area contributed by atoms with Gasteiger partial charge in [0.05, 0.1) is 0 Å². The number of carbonyl (C=O) groups is 1. The van der Waals surface area contributed by atoms with Gasteiger partial charge in [-0.25, -0.2) is 4.39 Å². The van der Waals surface area contributed by atoms with Crippen molar-refractivity contribution in [3.05, 3.63) is 30.1 Å². The quantitative estimate of drug-likeness (QED) is 0.899.